The van der Waals surface area contributed by atoms with Crippen molar-refractivity contribution in [3.63, 3.8) is 0 Å². The predicted octanol–water partition coefficient (Wildman–Crippen LogP) is 2.56. The highest BCUT2D eigenvalue weighted by Crippen LogP contribution is 2.27. The third-order valence-corrected chi connectivity index (χ3v) is 2.66. The third-order valence-electron chi connectivity index (χ3n) is 2.16. The van der Waals surface area contributed by atoms with Gasteiger partial charge in [-0.15, -0.1) is 9.24 Å². The van der Waals surface area contributed by atoms with Crippen LogP contribution in [0.4, 0.5) is 0 Å². The minimum Gasteiger partial charge on any atom is -0.507 e. The molecule has 0 bridgehead atoms. The van der Waals surface area contributed by atoms with Gasteiger partial charge in [-0.1, -0.05) is 42.5 Å². The summed E-state index contributed by atoms with van der Waals surface area (Å²) in [5, 5.41) is 10.8. The van der Waals surface area contributed by atoms with Crippen molar-refractivity contribution in [3.05, 3.63) is 48.5 Å². The fourth-order valence-corrected chi connectivity index (χ4v) is 1.81. The highest BCUT2D eigenvalue weighted by atomic mass is 31.0. The van der Waals surface area contributed by atoms with Crippen molar-refractivity contribution in [2.75, 3.05) is 0 Å². The van der Waals surface area contributed by atoms with E-state index in [1.165, 1.54) is 0 Å². The maximum absolute atomic E-state index is 9.68. The minimum atomic E-state index is 0.322. The van der Waals surface area contributed by atoms with Gasteiger partial charge in [-0.3, -0.25) is 0 Å². The van der Waals surface area contributed by atoms with Crippen molar-refractivity contribution in [2.45, 2.75) is 0 Å². The number of aromatic hydroxyl groups is 1. The summed E-state index contributed by atoms with van der Waals surface area (Å²) >= 11 is 0. The average molecular weight is 202 g/mol. The van der Waals surface area contributed by atoms with E-state index in [0.29, 0.717) is 5.75 Å². The molecule has 2 heteroatoms. The molecule has 2 aromatic carbocycles. The molecule has 2 rings (SSSR count). The van der Waals surface area contributed by atoms with Crippen molar-refractivity contribution in [1.82, 2.24) is 0 Å². The first-order valence-corrected chi connectivity index (χ1v) is 4.99. The third kappa shape index (κ3) is 1.64. The molecule has 0 saturated heterocycles. The van der Waals surface area contributed by atoms with E-state index < -0.39 is 0 Å². The van der Waals surface area contributed by atoms with Crippen LogP contribution in [0.15, 0.2) is 48.5 Å². The van der Waals surface area contributed by atoms with Crippen molar-refractivity contribution in [2.24, 2.45) is 0 Å². The monoisotopic (exact) mass is 202 g/mol. The fourth-order valence-electron chi connectivity index (χ4n) is 1.44. The summed E-state index contributed by atoms with van der Waals surface area (Å²) in [6.45, 7) is 0. The molecule has 0 spiro atoms. The normalized spacial score (nSPS) is 10.1. The van der Waals surface area contributed by atoms with Crippen LogP contribution >= 0.6 is 9.24 Å². The Morgan fingerprint density at radius 1 is 0.786 bits per heavy atom. The van der Waals surface area contributed by atoms with Gasteiger partial charge in [0.05, 0.1) is 0 Å². The van der Waals surface area contributed by atoms with Gasteiger partial charge in [0.15, 0.2) is 0 Å². The highest BCUT2D eigenvalue weighted by Gasteiger charge is 2.04. The number of phenols is 1. The molecule has 70 valence electrons. The lowest BCUT2D eigenvalue weighted by molar-refractivity contribution is 0.477. The largest absolute Gasteiger partial charge is 0.507 e. The molecule has 0 heterocycles. The number of phenolic OH excluding ortho intramolecular Hbond substituents is 1. The highest BCUT2D eigenvalue weighted by molar-refractivity contribution is 7.28. The van der Waals surface area contributed by atoms with E-state index in [0.717, 1.165) is 16.4 Å². The summed E-state index contributed by atoms with van der Waals surface area (Å²) in [6, 6.07) is 15.3. The summed E-state index contributed by atoms with van der Waals surface area (Å²) in [6.07, 6.45) is 0. The Bertz CT molecular complexity index is 408. The fraction of sp³-hybridized carbons (Fsp3) is 0. The second-order valence-corrected chi connectivity index (χ2v) is 3.73. The summed E-state index contributed by atoms with van der Waals surface area (Å²) in [7, 11) is 2.67. The lowest BCUT2D eigenvalue weighted by Crippen LogP contribution is -1.95. The van der Waals surface area contributed by atoms with E-state index in [4.69, 9.17) is 0 Å². The number of hydrogen-bond acceptors (Lipinski definition) is 1. The Morgan fingerprint density at radius 3 is 2.00 bits per heavy atom. The number of para-hydroxylation sites is 1. The number of rotatable bonds is 1. The van der Waals surface area contributed by atoms with Gasteiger partial charge >= 0.3 is 0 Å². The van der Waals surface area contributed by atoms with Gasteiger partial charge in [0.2, 0.25) is 0 Å². The maximum atomic E-state index is 9.68. The zero-order chi connectivity index (χ0) is 9.97. The molecule has 2 aromatic rings. The molecule has 0 radical (unpaired) electrons. The molecule has 0 saturated carbocycles. The van der Waals surface area contributed by atoms with E-state index in [1.54, 1.807) is 6.07 Å². The van der Waals surface area contributed by atoms with Crippen LogP contribution in [0.2, 0.25) is 0 Å². The summed E-state index contributed by atoms with van der Waals surface area (Å²) < 4.78 is 0. The van der Waals surface area contributed by atoms with Gasteiger partial charge < -0.3 is 5.11 Å². The molecule has 1 atom stereocenters. The smallest absolute Gasteiger partial charge is 0.123 e. The van der Waals surface area contributed by atoms with E-state index in [-0.39, 0.29) is 0 Å². The van der Waals surface area contributed by atoms with Crippen LogP contribution in [-0.4, -0.2) is 5.11 Å². The van der Waals surface area contributed by atoms with Gasteiger partial charge in [-0.05, 0) is 16.9 Å². The first-order valence-electron chi connectivity index (χ1n) is 4.42. The van der Waals surface area contributed by atoms with Gasteiger partial charge in [-0.25, -0.2) is 0 Å². The molecule has 0 amide bonds. The molecule has 0 aromatic heterocycles. The molecular weight excluding hydrogens is 191 g/mol. The Morgan fingerprint density at radius 2 is 1.36 bits per heavy atom. The van der Waals surface area contributed by atoms with Crippen LogP contribution < -0.4 is 5.30 Å². The lowest BCUT2D eigenvalue weighted by atomic mass is 10.0. The molecule has 0 aliphatic heterocycles. The van der Waals surface area contributed by atoms with Crippen LogP contribution in [0.3, 0.4) is 0 Å². The Balaban J connectivity index is 2.61. The van der Waals surface area contributed by atoms with Gasteiger partial charge in [0.25, 0.3) is 0 Å². The first kappa shape index (κ1) is 9.23. The van der Waals surface area contributed by atoms with E-state index in [2.05, 4.69) is 9.24 Å². The maximum Gasteiger partial charge on any atom is 0.123 e. The number of benzene rings is 2. The second-order valence-electron chi connectivity index (χ2n) is 3.10. The zero-order valence-corrected chi connectivity index (χ0v) is 8.80. The summed E-state index contributed by atoms with van der Waals surface area (Å²) in [4.78, 5) is 0. The van der Waals surface area contributed by atoms with Crippen LogP contribution in [0.5, 0.6) is 5.75 Å². The van der Waals surface area contributed by atoms with E-state index in [1.807, 2.05) is 42.5 Å². The molecule has 1 nitrogen and oxygen atoms in total. The molecule has 0 aliphatic carbocycles. The van der Waals surface area contributed by atoms with Crippen LogP contribution in [0, 0.1) is 0 Å². The van der Waals surface area contributed by atoms with Gasteiger partial charge in [-0.2, -0.15) is 0 Å². The SMILES string of the molecule is Oc1ccccc1-c1ccccc1P. The molecular formula is C12H11OP. The van der Waals surface area contributed by atoms with Crippen molar-refractivity contribution in [3.8, 4) is 16.9 Å². The Labute approximate surface area is 85.6 Å². The molecule has 1 N–H and O–H groups in total. The summed E-state index contributed by atoms with van der Waals surface area (Å²) in [5.74, 6) is 0.322. The molecule has 14 heavy (non-hydrogen) atoms. The van der Waals surface area contributed by atoms with Gasteiger partial charge in [0, 0.05) is 5.56 Å². The predicted molar refractivity (Wildman–Crippen MR) is 62.9 cm³/mol. The van der Waals surface area contributed by atoms with E-state index >= 15 is 0 Å². The molecule has 0 fully saturated rings. The van der Waals surface area contributed by atoms with Gasteiger partial charge in [0.1, 0.15) is 5.75 Å². The molecule has 0 aliphatic rings. The average Bonchev–Trinajstić information content (AvgIpc) is 2.20. The van der Waals surface area contributed by atoms with Crippen molar-refractivity contribution < 1.29 is 5.11 Å². The second kappa shape index (κ2) is 3.81. The quantitative estimate of drug-likeness (QED) is 0.704. The van der Waals surface area contributed by atoms with Crippen LogP contribution in [0.1, 0.15) is 0 Å². The summed E-state index contributed by atoms with van der Waals surface area (Å²) in [5.41, 5.74) is 1.92. The van der Waals surface area contributed by atoms with Crippen LogP contribution in [-0.2, 0) is 0 Å². The first-order chi connectivity index (χ1) is 6.79. The Kier molecular flexibility index (Phi) is 2.51. The van der Waals surface area contributed by atoms with Crippen LogP contribution in [0.25, 0.3) is 11.1 Å². The van der Waals surface area contributed by atoms with Crippen molar-refractivity contribution >= 4 is 14.5 Å². The van der Waals surface area contributed by atoms with Crippen molar-refractivity contribution in [1.29, 1.82) is 0 Å². The number of hydrogen-bond donors (Lipinski definition) is 1. The topological polar surface area (TPSA) is 20.2 Å². The lowest BCUT2D eigenvalue weighted by Gasteiger charge is -2.06. The Hall–Kier alpha value is -1.33. The minimum absolute atomic E-state index is 0.322. The standard InChI is InChI=1S/C12H11OP/c13-11-7-3-1-5-9(11)10-6-2-4-8-12(10)14/h1-8,13H,14H2. The zero-order valence-electron chi connectivity index (χ0n) is 7.64. The molecule has 1 unspecified atom stereocenters. The van der Waals surface area contributed by atoms with E-state index in [9.17, 15) is 5.11 Å².